The highest BCUT2D eigenvalue weighted by molar-refractivity contribution is 5.44. The summed E-state index contributed by atoms with van der Waals surface area (Å²) in [5.41, 5.74) is 6.14. The molecule has 0 fully saturated rings. The molecule has 2 aromatic heterocycles. The van der Waals surface area contributed by atoms with E-state index < -0.39 is 11.6 Å². The van der Waals surface area contributed by atoms with Crippen LogP contribution >= 0.6 is 0 Å². The van der Waals surface area contributed by atoms with Gasteiger partial charge in [0.1, 0.15) is 0 Å². The minimum absolute atomic E-state index is 0.0511. The van der Waals surface area contributed by atoms with E-state index in [9.17, 15) is 8.78 Å². The topological polar surface area (TPSA) is 68.8 Å². The molecule has 2 aromatic rings. The Morgan fingerprint density at radius 2 is 2.17 bits per heavy atom. The highest BCUT2D eigenvalue weighted by Crippen LogP contribution is 2.16. The van der Waals surface area contributed by atoms with Crippen LogP contribution in [0.5, 0.6) is 0 Å². The van der Waals surface area contributed by atoms with Gasteiger partial charge in [-0.15, -0.1) is 0 Å². The number of aromatic nitrogens is 3. The van der Waals surface area contributed by atoms with E-state index in [2.05, 4.69) is 15.4 Å². The van der Waals surface area contributed by atoms with Crippen molar-refractivity contribution in [1.29, 1.82) is 0 Å². The van der Waals surface area contributed by atoms with Gasteiger partial charge in [0.2, 0.25) is 0 Å². The summed E-state index contributed by atoms with van der Waals surface area (Å²) in [4.78, 5) is 3.60. The van der Waals surface area contributed by atoms with Crippen LogP contribution in [-0.2, 0) is 13.5 Å². The highest BCUT2D eigenvalue weighted by atomic mass is 19.1. The van der Waals surface area contributed by atoms with Crippen molar-refractivity contribution in [1.82, 2.24) is 14.8 Å². The lowest BCUT2D eigenvalue weighted by molar-refractivity contribution is 0.579. The van der Waals surface area contributed by atoms with Gasteiger partial charge in [0, 0.05) is 32.3 Å². The first kappa shape index (κ1) is 12.3. The molecule has 2 heterocycles. The Morgan fingerprint density at radius 1 is 1.39 bits per heavy atom. The number of pyridine rings is 1. The molecule has 0 aliphatic carbocycles. The molecule has 0 bridgehead atoms. The van der Waals surface area contributed by atoms with Crippen molar-refractivity contribution >= 4 is 11.6 Å². The minimum Gasteiger partial charge on any atom is -0.381 e. The third-order valence-electron chi connectivity index (χ3n) is 2.40. The number of nitrogens with zero attached hydrogens (tertiary/aromatic N) is 3. The summed E-state index contributed by atoms with van der Waals surface area (Å²) in [6.45, 7) is 0.437. The maximum absolute atomic E-state index is 13.3. The van der Waals surface area contributed by atoms with Gasteiger partial charge >= 0.3 is 0 Å². The zero-order chi connectivity index (χ0) is 13.1. The lowest BCUT2D eigenvalue weighted by atomic mass is 10.3. The van der Waals surface area contributed by atoms with Crippen molar-refractivity contribution in [3.63, 3.8) is 0 Å². The number of nitrogens with two attached hydrogens (primary N) is 1. The number of rotatable bonds is 4. The van der Waals surface area contributed by atoms with E-state index in [1.165, 1.54) is 0 Å². The van der Waals surface area contributed by atoms with E-state index in [0.717, 1.165) is 5.69 Å². The molecular weight excluding hydrogens is 240 g/mol. The molecule has 3 N–H and O–H groups in total. The van der Waals surface area contributed by atoms with Gasteiger partial charge in [0.15, 0.2) is 23.3 Å². The van der Waals surface area contributed by atoms with Crippen molar-refractivity contribution < 1.29 is 8.78 Å². The number of anilines is 2. The van der Waals surface area contributed by atoms with Crippen LogP contribution in [0.2, 0.25) is 0 Å². The molecule has 0 aliphatic rings. The number of nitrogens with one attached hydrogen (secondary N) is 1. The average molecular weight is 253 g/mol. The molecule has 0 saturated carbocycles. The fraction of sp³-hybridized carbons (Fsp3) is 0.273. The quantitative estimate of drug-likeness (QED) is 0.862. The Bertz CT molecular complexity index is 552. The Kier molecular flexibility index (Phi) is 3.40. The number of hydrogen-bond donors (Lipinski definition) is 2. The number of aryl methyl sites for hydroxylation is 1. The lowest BCUT2D eigenvalue weighted by Gasteiger charge is -2.06. The number of hydrogen-bond acceptors (Lipinski definition) is 4. The first-order valence-electron chi connectivity index (χ1n) is 5.40. The normalized spacial score (nSPS) is 10.6. The molecule has 0 spiro atoms. The van der Waals surface area contributed by atoms with Crippen LogP contribution < -0.4 is 11.1 Å². The molecule has 0 radical (unpaired) electrons. The minimum atomic E-state index is -0.859. The molecule has 0 unspecified atom stereocenters. The summed E-state index contributed by atoms with van der Waals surface area (Å²) >= 11 is 0. The van der Waals surface area contributed by atoms with E-state index in [0.29, 0.717) is 19.0 Å². The van der Waals surface area contributed by atoms with Gasteiger partial charge in [-0.3, -0.25) is 4.68 Å². The maximum Gasteiger partial charge on any atom is 0.168 e. The van der Waals surface area contributed by atoms with Gasteiger partial charge in [0.25, 0.3) is 0 Å². The molecule has 0 aliphatic heterocycles. The lowest BCUT2D eigenvalue weighted by Crippen LogP contribution is -2.10. The zero-order valence-electron chi connectivity index (χ0n) is 9.82. The highest BCUT2D eigenvalue weighted by Gasteiger charge is 2.09. The summed E-state index contributed by atoms with van der Waals surface area (Å²) in [5.74, 6) is -1.99. The van der Waals surface area contributed by atoms with Gasteiger partial charge in [-0.2, -0.15) is 5.10 Å². The van der Waals surface area contributed by atoms with Crippen molar-refractivity contribution in [2.45, 2.75) is 6.42 Å². The molecule has 0 saturated heterocycles. The van der Waals surface area contributed by atoms with Gasteiger partial charge in [-0.1, -0.05) is 0 Å². The molecular formula is C11H13F2N5. The summed E-state index contributed by atoms with van der Waals surface area (Å²) in [5, 5.41) is 6.93. The first-order valence-corrected chi connectivity index (χ1v) is 5.40. The van der Waals surface area contributed by atoms with Crippen LogP contribution in [0.1, 0.15) is 5.69 Å². The molecule has 96 valence electrons. The van der Waals surface area contributed by atoms with Crippen LogP contribution in [0.15, 0.2) is 18.3 Å². The summed E-state index contributed by atoms with van der Waals surface area (Å²) < 4.78 is 27.9. The van der Waals surface area contributed by atoms with E-state index in [4.69, 9.17) is 5.73 Å². The van der Waals surface area contributed by atoms with Gasteiger partial charge in [0.05, 0.1) is 5.69 Å². The second kappa shape index (κ2) is 4.99. The molecule has 5 nitrogen and oxygen atoms in total. The van der Waals surface area contributed by atoms with Crippen LogP contribution in [0.25, 0.3) is 0 Å². The van der Waals surface area contributed by atoms with Crippen molar-refractivity contribution in [3.8, 4) is 0 Å². The predicted molar refractivity (Wildman–Crippen MR) is 64.0 cm³/mol. The van der Waals surface area contributed by atoms with E-state index in [1.807, 2.05) is 19.3 Å². The zero-order valence-corrected chi connectivity index (χ0v) is 9.82. The van der Waals surface area contributed by atoms with Crippen LogP contribution in [0, 0.1) is 11.6 Å². The first-order chi connectivity index (χ1) is 8.56. The van der Waals surface area contributed by atoms with Gasteiger partial charge in [-0.25, -0.2) is 13.8 Å². The van der Waals surface area contributed by atoms with E-state index in [1.54, 1.807) is 4.68 Å². The van der Waals surface area contributed by atoms with Gasteiger partial charge < -0.3 is 11.1 Å². The fourth-order valence-corrected chi connectivity index (χ4v) is 1.51. The summed E-state index contributed by atoms with van der Waals surface area (Å²) in [6.07, 6.45) is 2.43. The van der Waals surface area contributed by atoms with E-state index in [-0.39, 0.29) is 11.6 Å². The maximum atomic E-state index is 13.3. The molecule has 0 amide bonds. The Hall–Kier alpha value is -2.18. The standard InChI is InChI=1S/C11H13F2N5/c1-18-5-3-7(17-18)2-4-15-11-9(13)6-8(12)10(14)16-11/h3,5-6H,2,4H2,1H3,(H3,14,15,16). The van der Waals surface area contributed by atoms with Crippen molar-refractivity contribution in [3.05, 3.63) is 35.7 Å². The van der Waals surface area contributed by atoms with Crippen molar-refractivity contribution in [2.24, 2.45) is 7.05 Å². The molecule has 0 atom stereocenters. The monoisotopic (exact) mass is 253 g/mol. The number of nitrogen functional groups attached to an aromatic ring is 1. The van der Waals surface area contributed by atoms with Gasteiger partial charge in [-0.05, 0) is 6.07 Å². The number of halogens is 2. The SMILES string of the molecule is Cn1ccc(CCNc2nc(N)c(F)cc2F)n1. The Labute approximate surface area is 103 Å². The molecule has 0 aromatic carbocycles. The largest absolute Gasteiger partial charge is 0.381 e. The smallest absolute Gasteiger partial charge is 0.168 e. The summed E-state index contributed by atoms with van der Waals surface area (Å²) in [7, 11) is 1.82. The second-order valence-corrected chi connectivity index (χ2v) is 3.84. The average Bonchev–Trinajstić information content (AvgIpc) is 2.71. The van der Waals surface area contributed by atoms with E-state index >= 15 is 0 Å². The molecule has 7 heteroatoms. The predicted octanol–water partition coefficient (Wildman–Crippen LogP) is 1.33. The van der Waals surface area contributed by atoms with Crippen LogP contribution in [0.3, 0.4) is 0 Å². The Balaban J connectivity index is 1.96. The van der Waals surface area contributed by atoms with Crippen LogP contribution in [0.4, 0.5) is 20.4 Å². The fourth-order valence-electron chi connectivity index (χ4n) is 1.51. The third-order valence-corrected chi connectivity index (χ3v) is 2.40. The summed E-state index contributed by atoms with van der Waals surface area (Å²) in [6, 6.07) is 2.58. The molecule has 18 heavy (non-hydrogen) atoms. The van der Waals surface area contributed by atoms with Crippen molar-refractivity contribution in [2.75, 3.05) is 17.6 Å². The van der Waals surface area contributed by atoms with Crippen LogP contribution in [-0.4, -0.2) is 21.3 Å². The third kappa shape index (κ3) is 2.73. The second-order valence-electron chi connectivity index (χ2n) is 3.84. The Morgan fingerprint density at radius 3 is 2.83 bits per heavy atom. The molecule has 2 rings (SSSR count).